The van der Waals surface area contributed by atoms with Crippen molar-refractivity contribution in [2.75, 3.05) is 6.61 Å². The highest BCUT2D eigenvalue weighted by Gasteiger charge is 2.19. The summed E-state index contributed by atoms with van der Waals surface area (Å²) in [6.45, 7) is 4.98. The molecule has 0 bridgehead atoms. The summed E-state index contributed by atoms with van der Waals surface area (Å²) in [4.78, 5) is 25.1. The molecule has 0 aliphatic heterocycles. The van der Waals surface area contributed by atoms with Crippen molar-refractivity contribution in [2.24, 2.45) is 0 Å². The van der Waals surface area contributed by atoms with Crippen molar-refractivity contribution in [2.45, 2.75) is 20.8 Å². The largest absolute Gasteiger partial charge is 0.454 e. The van der Waals surface area contributed by atoms with E-state index in [0.717, 1.165) is 5.69 Å². The Bertz CT molecular complexity index is 1290. The molecule has 4 rings (SSSR count). The molecule has 0 fully saturated rings. The first-order chi connectivity index (χ1) is 14.3. The summed E-state index contributed by atoms with van der Waals surface area (Å²) in [5, 5.41) is 7.91. The number of Topliss-reactive ketones (excluding diaryl/α,β-unsaturated/α-hetero) is 1. The van der Waals surface area contributed by atoms with E-state index in [1.165, 1.54) is 12.1 Å². The van der Waals surface area contributed by atoms with Crippen LogP contribution in [0.3, 0.4) is 0 Å². The second-order valence-corrected chi connectivity index (χ2v) is 6.99. The van der Waals surface area contributed by atoms with Crippen molar-refractivity contribution in [3.05, 3.63) is 82.8 Å². The molecular weight excluding hydrogens is 387 g/mol. The van der Waals surface area contributed by atoms with E-state index in [-0.39, 0.29) is 11.6 Å². The maximum atomic E-state index is 13.6. The van der Waals surface area contributed by atoms with Crippen molar-refractivity contribution < 1.29 is 18.7 Å². The van der Waals surface area contributed by atoms with E-state index >= 15 is 0 Å². The van der Waals surface area contributed by atoms with Crippen LogP contribution in [0.2, 0.25) is 0 Å². The Morgan fingerprint density at radius 3 is 2.63 bits per heavy atom. The second-order valence-electron chi connectivity index (χ2n) is 6.99. The van der Waals surface area contributed by atoms with E-state index in [1.807, 2.05) is 6.92 Å². The van der Waals surface area contributed by atoms with Crippen LogP contribution in [-0.4, -0.2) is 37.5 Å². The molecule has 0 saturated heterocycles. The number of hydrogen-bond acceptors (Lipinski definition) is 5. The molecule has 0 atom stereocenters. The van der Waals surface area contributed by atoms with Crippen molar-refractivity contribution in [1.82, 2.24) is 19.2 Å². The Hall–Kier alpha value is -3.81. The number of halogens is 1. The van der Waals surface area contributed by atoms with Gasteiger partial charge in [0.2, 0.25) is 5.78 Å². The first kappa shape index (κ1) is 19.5. The van der Waals surface area contributed by atoms with Gasteiger partial charge in [-0.3, -0.25) is 9.20 Å². The van der Waals surface area contributed by atoms with E-state index in [2.05, 4.69) is 10.2 Å². The summed E-state index contributed by atoms with van der Waals surface area (Å²) in [7, 11) is 0. The van der Waals surface area contributed by atoms with Gasteiger partial charge in [0.25, 0.3) is 0 Å². The monoisotopic (exact) mass is 406 g/mol. The van der Waals surface area contributed by atoms with Crippen LogP contribution in [0.15, 0.2) is 48.7 Å². The number of carbonyl (C=O) groups is 2. The molecule has 0 aliphatic carbocycles. The van der Waals surface area contributed by atoms with Gasteiger partial charge in [-0.1, -0.05) is 6.07 Å². The molecule has 152 valence electrons. The Morgan fingerprint density at radius 1 is 1.07 bits per heavy atom. The molecule has 7 nitrogen and oxygen atoms in total. The smallest absolute Gasteiger partial charge is 0.340 e. The van der Waals surface area contributed by atoms with Gasteiger partial charge in [0.15, 0.2) is 12.3 Å². The Kier molecular flexibility index (Phi) is 4.91. The van der Waals surface area contributed by atoms with Gasteiger partial charge in [0, 0.05) is 28.8 Å². The molecule has 0 amide bonds. The summed E-state index contributed by atoms with van der Waals surface area (Å²) < 4.78 is 22.3. The molecule has 3 heterocycles. The summed E-state index contributed by atoms with van der Waals surface area (Å²) in [5.41, 5.74) is 3.39. The topological polar surface area (TPSA) is 78.5 Å². The second kappa shape index (κ2) is 7.55. The molecule has 0 aliphatic rings. The molecule has 0 N–H and O–H groups in total. The Labute approximate surface area is 171 Å². The van der Waals surface area contributed by atoms with Crippen molar-refractivity contribution in [3.63, 3.8) is 0 Å². The number of esters is 1. The highest BCUT2D eigenvalue weighted by molar-refractivity contribution is 6.00. The SMILES string of the molecule is Cc1cc(C(=O)COC(=O)c2ccc3nnc(C)n3c2)c(C)n1-c1cccc(F)c1. The number of carbonyl (C=O) groups excluding carboxylic acids is 2. The third kappa shape index (κ3) is 3.47. The number of hydrogen-bond donors (Lipinski definition) is 0. The van der Waals surface area contributed by atoms with Gasteiger partial charge in [-0.15, -0.1) is 10.2 Å². The third-order valence-corrected chi connectivity index (χ3v) is 4.94. The maximum absolute atomic E-state index is 13.6. The minimum Gasteiger partial charge on any atom is -0.454 e. The fourth-order valence-electron chi connectivity index (χ4n) is 3.48. The van der Waals surface area contributed by atoms with Gasteiger partial charge >= 0.3 is 5.97 Å². The highest BCUT2D eigenvalue weighted by atomic mass is 19.1. The average molecular weight is 406 g/mol. The van der Waals surface area contributed by atoms with Gasteiger partial charge in [-0.2, -0.15) is 0 Å². The fraction of sp³-hybridized carbons (Fsp3) is 0.182. The van der Waals surface area contributed by atoms with E-state index in [9.17, 15) is 14.0 Å². The third-order valence-electron chi connectivity index (χ3n) is 4.94. The predicted molar refractivity (Wildman–Crippen MR) is 108 cm³/mol. The summed E-state index contributed by atoms with van der Waals surface area (Å²) in [6.07, 6.45) is 1.58. The van der Waals surface area contributed by atoms with Gasteiger partial charge in [0.1, 0.15) is 11.6 Å². The van der Waals surface area contributed by atoms with Gasteiger partial charge in [-0.05, 0) is 57.2 Å². The number of ketones is 1. The summed E-state index contributed by atoms with van der Waals surface area (Å²) >= 11 is 0. The molecule has 0 unspecified atom stereocenters. The lowest BCUT2D eigenvalue weighted by Gasteiger charge is -2.10. The van der Waals surface area contributed by atoms with E-state index in [1.54, 1.807) is 59.3 Å². The molecule has 4 aromatic rings. The molecule has 0 saturated carbocycles. The first-order valence-electron chi connectivity index (χ1n) is 9.32. The minimum atomic E-state index is -0.614. The number of fused-ring (bicyclic) bond motifs is 1. The van der Waals surface area contributed by atoms with Crippen LogP contribution in [0.25, 0.3) is 11.3 Å². The lowest BCUT2D eigenvalue weighted by atomic mass is 10.1. The zero-order valence-electron chi connectivity index (χ0n) is 16.7. The zero-order chi connectivity index (χ0) is 21.4. The van der Waals surface area contributed by atoms with Gasteiger partial charge < -0.3 is 9.30 Å². The minimum absolute atomic E-state index is 0.295. The van der Waals surface area contributed by atoms with Crippen LogP contribution in [0.5, 0.6) is 0 Å². The van der Waals surface area contributed by atoms with E-state index in [4.69, 9.17) is 4.74 Å². The summed E-state index contributed by atoms with van der Waals surface area (Å²) in [6, 6.07) is 11.1. The van der Waals surface area contributed by atoms with Crippen LogP contribution in [0.4, 0.5) is 4.39 Å². The summed E-state index contributed by atoms with van der Waals surface area (Å²) in [5.74, 6) is -0.666. The van der Waals surface area contributed by atoms with E-state index in [0.29, 0.717) is 34.0 Å². The van der Waals surface area contributed by atoms with Crippen LogP contribution in [-0.2, 0) is 4.74 Å². The average Bonchev–Trinajstić information content (AvgIpc) is 3.24. The van der Waals surface area contributed by atoms with Gasteiger partial charge in [-0.25, -0.2) is 9.18 Å². The lowest BCUT2D eigenvalue weighted by molar-refractivity contribution is 0.0474. The van der Waals surface area contributed by atoms with Crippen molar-refractivity contribution in [1.29, 1.82) is 0 Å². The van der Waals surface area contributed by atoms with Crippen molar-refractivity contribution >= 4 is 17.4 Å². The quantitative estimate of drug-likeness (QED) is 0.374. The van der Waals surface area contributed by atoms with Crippen molar-refractivity contribution in [3.8, 4) is 5.69 Å². The number of aryl methyl sites for hydroxylation is 2. The normalized spacial score (nSPS) is 11.1. The number of ether oxygens (including phenoxy) is 1. The van der Waals surface area contributed by atoms with Crippen LogP contribution in [0, 0.1) is 26.6 Å². The standard InChI is InChI=1S/C22H19FN4O3/c1-13-9-19(14(2)27(13)18-6-4-5-17(23)10-18)20(28)12-30-22(29)16-7-8-21-25-24-15(3)26(21)11-16/h4-11H,12H2,1-3H3. The number of pyridine rings is 1. The number of nitrogens with zero attached hydrogens (tertiary/aromatic N) is 4. The Morgan fingerprint density at radius 2 is 1.87 bits per heavy atom. The number of rotatable bonds is 5. The number of aromatic nitrogens is 4. The molecule has 1 aromatic carbocycles. The molecule has 8 heteroatoms. The van der Waals surface area contributed by atoms with Crippen LogP contribution < -0.4 is 0 Å². The van der Waals surface area contributed by atoms with E-state index < -0.39 is 12.6 Å². The molecule has 0 spiro atoms. The number of benzene rings is 1. The van der Waals surface area contributed by atoms with Crippen LogP contribution in [0.1, 0.15) is 37.9 Å². The van der Waals surface area contributed by atoms with Crippen LogP contribution >= 0.6 is 0 Å². The lowest BCUT2D eigenvalue weighted by Crippen LogP contribution is -2.15. The first-order valence-corrected chi connectivity index (χ1v) is 9.32. The molecule has 0 radical (unpaired) electrons. The fourth-order valence-corrected chi connectivity index (χ4v) is 3.48. The molecule has 30 heavy (non-hydrogen) atoms. The molecule has 3 aromatic heterocycles. The Balaban J connectivity index is 1.52. The maximum Gasteiger partial charge on any atom is 0.340 e. The molecular formula is C22H19FN4O3. The van der Waals surface area contributed by atoms with Gasteiger partial charge in [0.05, 0.1) is 5.56 Å². The predicted octanol–water partition coefficient (Wildman–Crippen LogP) is 3.62. The highest BCUT2D eigenvalue weighted by Crippen LogP contribution is 2.22. The zero-order valence-corrected chi connectivity index (χ0v) is 16.7.